The standard InChI is InChI=1S/C16H25N3O3/c1-11(2)8-14(16(21)22)18-15(20)13(9-17)10-19-7-5-4-6-12(19)3/h10-12,14H,4-8H2,1-3H3,(H,18,20)(H,21,22)/b13-10-. The van der Waals surface area contributed by atoms with Crippen LogP contribution in [0.4, 0.5) is 0 Å². The van der Waals surface area contributed by atoms with Gasteiger partial charge in [0, 0.05) is 18.8 Å². The molecule has 0 bridgehead atoms. The number of hydrogen-bond donors (Lipinski definition) is 2. The number of carbonyl (C=O) groups excluding carboxylic acids is 1. The summed E-state index contributed by atoms with van der Waals surface area (Å²) in [5.41, 5.74) is -0.0382. The molecule has 1 heterocycles. The second-order valence-electron chi connectivity index (χ2n) is 6.23. The summed E-state index contributed by atoms with van der Waals surface area (Å²) in [4.78, 5) is 25.3. The van der Waals surface area contributed by atoms with Crippen LogP contribution >= 0.6 is 0 Å². The predicted molar refractivity (Wildman–Crippen MR) is 82.7 cm³/mol. The SMILES string of the molecule is CC(C)CC(NC(=O)/C(C#N)=C\N1CCCCC1C)C(=O)O. The summed E-state index contributed by atoms with van der Waals surface area (Å²) in [5, 5.41) is 20.8. The molecule has 1 amide bonds. The molecule has 0 aromatic heterocycles. The molecule has 1 fully saturated rings. The Kier molecular flexibility index (Phi) is 6.90. The summed E-state index contributed by atoms with van der Waals surface area (Å²) in [7, 11) is 0. The van der Waals surface area contributed by atoms with Gasteiger partial charge in [-0.25, -0.2) is 4.79 Å². The number of carboxylic acid groups (broad SMARTS) is 1. The van der Waals surface area contributed by atoms with E-state index in [9.17, 15) is 14.9 Å². The second-order valence-corrected chi connectivity index (χ2v) is 6.23. The average Bonchev–Trinajstić information content (AvgIpc) is 2.45. The molecule has 2 unspecified atom stereocenters. The van der Waals surface area contributed by atoms with E-state index in [1.807, 2.05) is 24.8 Å². The van der Waals surface area contributed by atoms with Crippen LogP contribution in [0.3, 0.4) is 0 Å². The number of nitrogens with one attached hydrogen (secondary N) is 1. The van der Waals surface area contributed by atoms with E-state index in [2.05, 4.69) is 12.2 Å². The Morgan fingerprint density at radius 1 is 1.45 bits per heavy atom. The third kappa shape index (κ3) is 5.40. The predicted octanol–water partition coefficient (Wildman–Crippen LogP) is 1.88. The molecule has 0 aromatic carbocycles. The van der Waals surface area contributed by atoms with Crippen molar-refractivity contribution >= 4 is 11.9 Å². The van der Waals surface area contributed by atoms with Gasteiger partial charge in [-0.2, -0.15) is 5.26 Å². The summed E-state index contributed by atoms with van der Waals surface area (Å²) < 4.78 is 0. The first-order chi connectivity index (χ1) is 10.3. The smallest absolute Gasteiger partial charge is 0.326 e. The number of carboxylic acids is 1. The van der Waals surface area contributed by atoms with Crippen LogP contribution in [-0.2, 0) is 9.59 Å². The minimum atomic E-state index is -1.08. The van der Waals surface area contributed by atoms with Gasteiger partial charge in [0.1, 0.15) is 17.7 Å². The van der Waals surface area contributed by atoms with Crippen LogP contribution in [0.1, 0.15) is 46.5 Å². The number of rotatable bonds is 6. The van der Waals surface area contributed by atoms with E-state index in [1.54, 1.807) is 6.20 Å². The number of amides is 1. The summed E-state index contributed by atoms with van der Waals surface area (Å²) in [6.45, 7) is 6.65. The molecular formula is C16H25N3O3. The lowest BCUT2D eigenvalue weighted by molar-refractivity contribution is -0.141. The Balaban J connectivity index is 2.78. The van der Waals surface area contributed by atoms with Gasteiger partial charge in [0.15, 0.2) is 0 Å². The van der Waals surface area contributed by atoms with Gasteiger partial charge in [0.25, 0.3) is 5.91 Å². The van der Waals surface area contributed by atoms with Crippen molar-refractivity contribution in [3.63, 3.8) is 0 Å². The second kappa shape index (κ2) is 8.42. The zero-order valence-electron chi connectivity index (χ0n) is 13.5. The Morgan fingerprint density at radius 2 is 2.14 bits per heavy atom. The largest absolute Gasteiger partial charge is 0.480 e. The van der Waals surface area contributed by atoms with Gasteiger partial charge in [-0.05, 0) is 38.5 Å². The Morgan fingerprint density at radius 3 is 2.64 bits per heavy atom. The van der Waals surface area contributed by atoms with Crippen molar-refractivity contribution in [3.05, 3.63) is 11.8 Å². The van der Waals surface area contributed by atoms with Crippen LogP contribution in [-0.4, -0.2) is 40.5 Å². The fourth-order valence-corrected chi connectivity index (χ4v) is 2.55. The van der Waals surface area contributed by atoms with Crippen molar-refractivity contribution in [2.45, 2.75) is 58.5 Å². The molecule has 0 radical (unpaired) electrons. The Bertz CT molecular complexity index is 480. The van der Waals surface area contributed by atoms with Crippen molar-refractivity contribution in [1.82, 2.24) is 10.2 Å². The van der Waals surface area contributed by atoms with Crippen molar-refractivity contribution in [2.75, 3.05) is 6.54 Å². The minimum absolute atomic E-state index is 0.0382. The highest BCUT2D eigenvalue weighted by atomic mass is 16.4. The molecule has 1 aliphatic heterocycles. The van der Waals surface area contributed by atoms with E-state index in [4.69, 9.17) is 5.11 Å². The van der Waals surface area contributed by atoms with Gasteiger partial charge in [0.2, 0.25) is 0 Å². The highest BCUT2D eigenvalue weighted by molar-refractivity contribution is 5.99. The van der Waals surface area contributed by atoms with Gasteiger partial charge >= 0.3 is 5.97 Å². The van der Waals surface area contributed by atoms with Crippen LogP contribution in [0, 0.1) is 17.2 Å². The van der Waals surface area contributed by atoms with E-state index < -0.39 is 17.9 Å². The molecular weight excluding hydrogens is 282 g/mol. The molecule has 22 heavy (non-hydrogen) atoms. The number of nitriles is 1. The summed E-state index contributed by atoms with van der Waals surface area (Å²) >= 11 is 0. The normalized spacial score (nSPS) is 20.4. The molecule has 1 rings (SSSR count). The number of hydrogen-bond acceptors (Lipinski definition) is 4. The first-order valence-corrected chi connectivity index (χ1v) is 7.76. The van der Waals surface area contributed by atoms with Crippen molar-refractivity contribution in [2.24, 2.45) is 5.92 Å². The lowest BCUT2D eigenvalue weighted by atomic mass is 10.0. The van der Waals surface area contributed by atoms with Crippen molar-refractivity contribution < 1.29 is 14.7 Å². The van der Waals surface area contributed by atoms with E-state index in [-0.39, 0.29) is 17.5 Å². The van der Waals surface area contributed by atoms with Crippen LogP contribution < -0.4 is 5.32 Å². The van der Waals surface area contributed by atoms with Crippen LogP contribution in [0.25, 0.3) is 0 Å². The number of aliphatic carboxylic acids is 1. The highest BCUT2D eigenvalue weighted by Gasteiger charge is 2.24. The molecule has 2 atom stereocenters. The number of likely N-dealkylation sites (tertiary alicyclic amines) is 1. The van der Waals surface area contributed by atoms with E-state index in [1.165, 1.54) is 0 Å². The fourth-order valence-electron chi connectivity index (χ4n) is 2.55. The summed E-state index contributed by atoms with van der Waals surface area (Å²) in [5.74, 6) is -1.56. The van der Waals surface area contributed by atoms with Crippen molar-refractivity contribution in [3.8, 4) is 6.07 Å². The Labute approximate surface area is 131 Å². The molecule has 2 N–H and O–H groups in total. The summed E-state index contributed by atoms with van der Waals surface area (Å²) in [6, 6.07) is 1.20. The zero-order chi connectivity index (χ0) is 16.7. The van der Waals surface area contributed by atoms with Gasteiger partial charge in [-0.15, -0.1) is 0 Å². The highest BCUT2D eigenvalue weighted by Crippen LogP contribution is 2.17. The first-order valence-electron chi connectivity index (χ1n) is 7.76. The number of carbonyl (C=O) groups is 2. The topological polar surface area (TPSA) is 93.4 Å². The monoisotopic (exact) mass is 307 g/mol. The quantitative estimate of drug-likeness (QED) is 0.577. The third-order valence-electron chi connectivity index (χ3n) is 3.82. The van der Waals surface area contributed by atoms with Gasteiger partial charge in [0.05, 0.1) is 0 Å². The zero-order valence-corrected chi connectivity index (χ0v) is 13.5. The molecule has 0 spiro atoms. The van der Waals surface area contributed by atoms with Gasteiger partial charge in [-0.3, -0.25) is 4.79 Å². The minimum Gasteiger partial charge on any atom is -0.480 e. The lowest BCUT2D eigenvalue weighted by Crippen LogP contribution is -2.42. The van der Waals surface area contributed by atoms with Crippen LogP contribution in [0.2, 0.25) is 0 Å². The molecule has 6 nitrogen and oxygen atoms in total. The van der Waals surface area contributed by atoms with Gasteiger partial charge < -0.3 is 15.3 Å². The van der Waals surface area contributed by atoms with E-state index in [0.29, 0.717) is 6.42 Å². The number of piperidine rings is 1. The molecule has 1 saturated heterocycles. The summed E-state index contributed by atoms with van der Waals surface area (Å²) in [6.07, 6.45) is 5.11. The lowest BCUT2D eigenvalue weighted by Gasteiger charge is -2.32. The van der Waals surface area contributed by atoms with Crippen LogP contribution in [0.15, 0.2) is 11.8 Å². The van der Waals surface area contributed by atoms with E-state index in [0.717, 1.165) is 25.8 Å². The Hall–Kier alpha value is -2.03. The van der Waals surface area contributed by atoms with Crippen molar-refractivity contribution in [1.29, 1.82) is 5.26 Å². The first kappa shape index (κ1) is 18.0. The fraction of sp³-hybridized carbons (Fsp3) is 0.688. The maximum atomic E-state index is 12.2. The number of nitrogens with zero attached hydrogens (tertiary/aromatic N) is 2. The molecule has 0 saturated carbocycles. The van der Waals surface area contributed by atoms with Crippen LogP contribution in [0.5, 0.6) is 0 Å². The third-order valence-corrected chi connectivity index (χ3v) is 3.82. The van der Waals surface area contributed by atoms with E-state index >= 15 is 0 Å². The molecule has 1 aliphatic rings. The molecule has 0 aromatic rings. The average molecular weight is 307 g/mol. The maximum Gasteiger partial charge on any atom is 0.326 e. The molecule has 0 aliphatic carbocycles. The maximum absolute atomic E-state index is 12.2. The molecule has 122 valence electrons. The van der Waals surface area contributed by atoms with Gasteiger partial charge in [-0.1, -0.05) is 13.8 Å². The molecule has 6 heteroatoms.